The van der Waals surface area contributed by atoms with E-state index in [1.807, 2.05) is 0 Å². The van der Waals surface area contributed by atoms with E-state index in [1.54, 1.807) is 0 Å². The van der Waals surface area contributed by atoms with Gasteiger partial charge in [-0.3, -0.25) is 0 Å². The fraction of sp³-hybridized carbons (Fsp3) is 1.00. The van der Waals surface area contributed by atoms with Crippen LogP contribution in [0.25, 0.3) is 0 Å². The van der Waals surface area contributed by atoms with Gasteiger partial charge < -0.3 is 5.73 Å². The summed E-state index contributed by atoms with van der Waals surface area (Å²) in [5.41, 5.74) is 6.01. The van der Waals surface area contributed by atoms with Crippen LogP contribution in [0, 0.1) is 0 Å². The van der Waals surface area contributed by atoms with Crippen LogP contribution in [0.2, 0.25) is 0 Å². The van der Waals surface area contributed by atoms with E-state index in [9.17, 15) is 0 Å². The van der Waals surface area contributed by atoms with Gasteiger partial charge in [0.1, 0.15) is 0 Å². The Morgan fingerprint density at radius 3 is 2.50 bits per heavy atom. The maximum absolute atomic E-state index is 6.01. The molecule has 14 heavy (non-hydrogen) atoms. The number of rotatable bonds is 2. The molecule has 2 fully saturated rings. The highest BCUT2D eigenvalue weighted by Gasteiger charge is 2.32. The van der Waals surface area contributed by atoms with Gasteiger partial charge in [-0.1, -0.05) is 26.2 Å². The second kappa shape index (κ2) is 4.60. The van der Waals surface area contributed by atoms with Gasteiger partial charge in [-0.2, -0.15) is 0 Å². The molecular weight excluding hydrogens is 174 g/mol. The van der Waals surface area contributed by atoms with Crippen LogP contribution in [-0.4, -0.2) is 41.7 Å². The summed E-state index contributed by atoms with van der Waals surface area (Å²) in [6.07, 6.45) is 7.01. The number of hydrogen-bond donors (Lipinski definition) is 1. The van der Waals surface area contributed by atoms with E-state index in [0.717, 1.165) is 25.7 Å². The molecule has 0 aromatic rings. The van der Waals surface area contributed by atoms with Gasteiger partial charge in [-0.15, -0.1) is 0 Å². The van der Waals surface area contributed by atoms with Gasteiger partial charge in [0.05, 0.1) is 0 Å². The van der Waals surface area contributed by atoms with E-state index < -0.39 is 0 Å². The summed E-state index contributed by atoms with van der Waals surface area (Å²) in [5, 5.41) is 4.99. The SMILES string of the molecule is CCN1CC(N)CN1C1CCCCC1. The van der Waals surface area contributed by atoms with Crippen molar-refractivity contribution in [1.29, 1.82) is 0 Å². The summed E-state index contributed by atoms with van der Waals surface area (Å²) in [6, 6.07) is 1.16. The van der Waals surface area contributed by atoms with Crippen LogP contribution in [-0.2, 0) is 0 Å². The van der Waals surface area contributed by atoms with E-state index in [1.165, 1.54) is 32.1 Å². The molecule has 1 heterocycles. The van der Waals surface area contributed by atoms with Crippen molar-refractivity contribution in [3.63, 3.8) is 0 Å². The Labute approximate surface area is 87.2 Å². The van der Waals surface area contributed by atoms with Crippen molar-refractivity contribution >= 4 is 0 Å². The molecule has 82 valence electrons. The van der Waals surface area contributed by atoms with Crippen LogP contribution >= 0.6 is 0 Å². The molecule has 1 saturated heterocycles. The molecule has 0 aromatic carbocycles. The lowest BCUT2D eigenvalue weighted by atomic mass is 9.95. The minimum atomic E-state index is 0.372. The number of hydrogen-bond acceptors (Lipinski definition) is 3. The fourth-order valence-electron chi connectivity index (χ4n) is 2.86. The van der Waals surface area contributed by atoms with Gasteiger partial charge >= 0.3 is 0 Å². The molecule has 0 aromatic heterocycles. The summed E-state index contributed by atoms with van der Waals surface area (Å²) >= 11 is 0. The van der Waals surface area contributed by atoms with Crippen LogP contribution in [0.4, 0.5) is 0 Å². The molecule has 0 bridgehead atoms. The predicted octanol–water partition coefficient (Wildman–Crippen LogP) is 1.20. The molecule has 1 unspecified atom stereocenters. The lowest BCUT2D eigenvalue weighted by Gasteiger charge is -2.36. The standard InChI is InChI=1S/C11H23N3/c1-2-13-8-10(12)9-14(13)11-6-4-3-5-7-11/h10-11H,2-9,12H2,1H3. The fourth-order valence-corrected chi connectivity index (χ4v) is 2.86. The lowest BCUT2D eigenvalue weighted by molar-refractivity contribution is -0.0225. The Kier molecular flexibility index (Phi) is 3.42. The normalized spacial score (nSPS) is 32.6. The summed E-state index contributed by atoms with van der Waals surface area (Å²) in [4.78, 5) is 0. The molecule has 2 aliphatic rings. The summed E-state index contributed by atoms with van der Waals surface area (Å²) < 4.78 is 0. The molecular formula is C11H23N3. The van der Waals surface area contributed by atoms with Gasteiger partial charge in [0.15, 0.2) is 0 Å². The van der Waals surface area contributed by atoms with Crippen LogP contribution in [0.15, 0.2) is 0 Å². The van der Waals surface area contributed by atoms with Gasteiger partial charge in [0.2, 0.25) is 0 Å². The summed E-state index contributed by atoms with van der Waals surface area (Å²) in [6.45, 7) is 5.49. The molecule has 0 amide bonds. The van der Waals surface area contributed by atoms with Crippen molar-refractivity contribution < 1.29 is 0 Å². The van der Waals surface area contributed by atoms with Gasteiger partial charge in [-0.25, -0.2) is 10.0 Å². The van der Waals surface area contributed by atoms with Crippen LogP contribution in [0.5, 0.6) is 0 Å². The number of hydrazine groups is 1. The second-order valence-electron chi connectivity index (χ2n) is 4.68. The van der Waals surface area contributed by atoms with Crippen molar-refractivity contribution in [2.45, 2.75) is 51.1 Å². The summed E-state index contributed by atoms with van der Waals surface area (Å²) in [7, 11) is 0. The maximum atomic E-state index is 6.01. The first-order chi connectivity index (χ1) is 6.81. The summed E-state index contributed by atoms with van der Waals surface area (Å²) in [5.74, 6) is 0. The van der Waals surface area contributed by atoms with Crippen molar-refractivity contribution in [1.82, 2.24) is 10.0 Å². The Hall–Kier alpha value is -0.120. The predicted molar refractivity (Wildman–Crippen MR) is 58.8 cm³/mol. The van der Waals surface area contributed by atoms with Gasteiger partial charge in [0, 0.05) is 31.7 Å². The maximum Gasteiger partial charge on any atom is 0.0325 e. The van der Waals surface area contributed by atoms with Crippen molar-refractivity contribution in [3.05, 3.63) is 0 Å². The quantitative estimate of drug-likeness (QED) is 0.722. The Bertz CT molecular complexity index is 177. The average Bonchev–Trinajstić information content (AvgIpc) is 2.61. The van der Waals surface area contributed by atoms with E-state index in [4.69, 9.17) is 5.73 Å². The molecule has 0 radical (unpaired) electrons. The zero-order valence-electron chi connectivity index (χ0n) is 9.28. The molecule has 1 aliphatic carbocycles. The third kappa shape index (κ3) is 2.10. The van der Waals surface area contributed by atoms with E-state index in [2.05, 4.69) is 16.9 Å². The van der Waals surface area contributed by atoms with Crippen molar-refractivity contribution in [2.24, 2.45) is 5.73 Å². The van der Waals surface area contributed by atoms with Crippen LogP contribution in [0.3, 0.4) is 0 Å². The molecule has 0 spiro atoms. The van der Waals surface area contributed by atoms with Crippen molar-refractivity contribution in [3.8, 4) is 0 Å². The monoisotopic (exact) mass is 197 g/mol. The van der Waals surface area contributed by atoms with E-state index in [0.29, 0.717) is 6.04 Å². The minimum absolute atomic E-state index is 0.372. The minimum Gasteiger partial charge on any atom is -0.325 e. The molecule has 1 saturated carbocycles. The first-order valence-electron chi connectivity index (χ1n) is 6.08. The number of nitrogens with zero attached hydrogens (tertiary/aromatic N) is 2. The zero-order valence-corrected chi connectivity index (χ0v) is 9.28. The lowest BCUT2D eigenvalue weighted by Crippen LogP contribution is -2.44. The van der Waals surface area contributed by atoms with E-state index >= 15 is 0 Å². The van der Waals surface area contributed by atoms with Crippen LogP contribution < -0.4 is 5.73 Å². The Morgan fingerprint density at radius 2 is 1.86 bits per heavy atom. The topological polar surface area (TPSA) is 32.5 Å². The first-order valence-corrected chi connectivity index (χ1v) is 6.08. The number of likely N-dealkylation sites (N-methyl/N-ethyl adjacent to an activating group) is 1. The van der Waals surface area contributed by atoms with Crippen LogP contribution in [0.1, 0.15) is 39.0 Å². The first kappa shape index (κ1) is 10.4. The third-order valence-corrected chi connectivity index (χ3v) is 3.59. The molecule has 3 heteroatoms. The Morgan fingerprint density at radius 1 is 1.14 bits per heavy atom. The highest BCUT2D eigenvalue weighted by molar-refractivity contribution is 4.84. The smallest absolute Gasteiger partial charge is 0.0325 e. The molecule has 1 aliphatic heterocycles. The third-order valence-electron chi connectivity index (χ3n) is 3.59. The highest BCUT2D eigenvalue weighted by Crippen LogP contribution is 2.26. The molecule has 3 nitrogen and oxygen atoms in total. The van der Waals surface area contributed by atoms with E-state index in [-0.39, 0.29) is 0 Å². The highest BCUT2D eigenvalue weighted by atomic mass is 15.7. The van der Waals surface area contributed by atoms with Gasteiger partial charge in [0.25, 0.3) is 0 Å². The molecule has 2 rings (SSSR count). The Balaban J connectivity index is 1.94. The van der Waals surface area contributed by atoms with Gasteiger partial charge in [-0.05, 0) is 12.8 Å². The molecule has 1 atom stereocenters. The largest absolute Gasteiger partial charge is 0.325 e. The second-order valence-corrected chi connectivity index (χ2v) is 4.68. The molecule has 2 N–H and O–H groups in total. The average molecular weight is 197 g/mol. The zero-order chi connectivity index (χ0) is 9.97. The van der Waals surface area contributed by atoms with Crippen molar-refractivity contribution in [2.75, 3.05) is 19.6 Å². The number of nitrogens with two attached hydrogens (primary N) is 1.